The van der Waals surface area contributed by atoms with Gasteiger partial charge in [-0.1, -0.05) is 0 Å². The highest BCUT2D eigenvalue weighted by molar-refractivity contribution is 4.78. The molecule has 1 aliphatic heterocycles. The average Bonchev–Trinajstić information content (AvgIpc) is 2.14. The lowest BCUT2D eigenvalue weighted by atomic mass is 10.0. The Morgan fingerprint density at radius 2 is 1.85 bits per heavy atom. The first kappa shape index (κ1) is 12.8. The molecule has 0 saturated carbocycles. The molecule has 1 fully saturated rings. The highest BCUT2D eigenvalue weighted by atomic mass is 16.7. The Bertz CT molecular complexity index is 130. The van der Waals surface area contributed by atoms with E-state index in [0.29, 0.717) is 6.42 Å². The molecule has 1 saturated heterocycles. The van der Waals surface area contributed by atoms with Gasteiger partial charge in [-0.25, -0.2) is 0 Å². The molecule has 0 aromatic heterocycles. The second kappa shape index (κ2) is 6.28. The molecule has 0 amide bonds. The van der Waals surface area contributed by atoms with E-state index in [4.69, 9.17) is 14.6 Å². The van der Waals surface area contributed by atoms with Gasteiger partial charge in [0, 0.05) is 20.6 Å². The van der Waals surface area contributed by atoms with Crippen molar-refractivity contribution in [2.75, 3.05) is 14.2 Å². The molecule has 5 heteroatoms. The molecule has 0 spiro atoms. The lowest BCUT2D eigenvalue weighted by molar-refractivity contribution is -0.254. The van der Waals surface area contributed by atoms with Crippen molar-refractivity contribution in [2.24, 2.45) is 0 Å². The van der Waals surface area contributed by atoms with E-state index in [1.54, 1.807) is 0 Å². The summed E-state index contributed by atoms with van der Waals surface area (Å²) in [5.41, 5.74) is 0. The van der Waals surface area contributed by atoms with Crippen LogP contribution in [0, 0.1) is 0 Å². The second-order valence-electron chi connectivity index (χ2n) is 2.84. The molecule has 1 heterocycles. The summed E-state index contributed by atoms with van der Waals surface area (Å²) in [5.74, 6) is 0. The van der Waals surface area contributed by atoms with Crippen molar-refractivity contribution in [3.05, 3.63) is 0 Å². The SMILES string of the molecule is CO.COC1OC(C)CC(O)C1O. The monoisotopic (exact) mass is 194 g/mol. The maximum Gasteiger partial charge on any atom is 0.185 e. The van der Waals surface area contributed by atoms with Gasteiger partial charge in [0.05, 0.1) is 12.2 Å². The third kappa shape index (κ3) is 3.58. The molecule has 5 nitrogen and oxygen atoms in total. The van der Waals surface area contributed by atoms with E-state index in [9.17, 15) is 10.2 Å². The van der Waals surface area contributed by atoms with E-state index < -0.39 is 18.5 Å². The van der Waals surface area contributed by atoms with E-state index in [1.165, 1.54) is 7.11 Å². The van der Waals surface area contributed by atoms with Crippen molar-refractivity contribution in [3.63, 3.8) is 0 Å². The van der Waals surface area contributed by atoms with Crippen LogP contribution in [0.4, 0.5) is 0 Å². The number of hydrogen-bond donors (Lipinski definition) is 3. The lowest BCUT2D eigenvalue weighted by Gasteiger charge is -2.34. The summed E-state index contributed by atoms with van der Waals surface area (Å²) < 4.78 is 10.00. The van der Waals surface area contributed by atoms with Gasteiger partial charge in [0.25, 0.3) is 0 Å². The molecule has 0 aromatic carbocycles. The summed E-state index contributed by atoms with van der Waals surface area (Å²) in [7, 11) is 2.44. The smallest absolute Gasteiger partial charge is 0.185 e. The summed E-state index contributed by atoms with van der Waals surface area (Å²) >= 11 is 0. The molecule has 0 bridgehead atoms. The predicted octanol–water partition coefficient (Wildman–Crippen LogP) is -0.902. The van der Waals surface area contributed by atoms with Crippen molar-refractivity contribution < 1.29 is 24.8 Å². The van der Waals surface area contributed by atoms with Gasteiger partial charge in [0.15, 0.2) is 6.29 Å². The van der Waals surface area contributed by atoms with Crippen molar-refractivity contribution in [1.29, 1.82) is 0 Å². The first-order valence-electron chi connectivity index (χ1n) is 4.14. The number of aliphatic hydroxyl groups excluding tert-OH is 3. The number of hydrogen-bond acceptors (Lipinski definition) is 5. The fraction of sp³-hybridized carbons (Fsp3) is 1.00. The molecule has 4 atom stereocenters. The Hall–Kier alpha value is -0.200. The minimum atomic E-state index is -0.920. The molecular weight excluding hydrogens is 176 g/mol. The topological polar surface area (TPSA) is 79.2 Å². The third-order valence-electron chi connectivity index (χ3n) is 1.85. The zero-order valence-electron chi connectivity index (χ0n) is 8.17. The summed E-state index contributed by atoms with van der Waals surface area (Å²) in [6.45, 7) is 1.83. The maximum absolute atomic E-state index is 9.26. The molecule has 1 rings (SSSR count). The van der Waals surface area contributed by atoms with Crippen LogP contribution in [0.5, 0.6) is 0 Å². The van der Waals surface area contributed by atoms with Gasteiger partial charge in [-0.05, 0) is 6.92 Å². The normalized spacial score (nSPS) is 39.2. The maximum atomic E-state index is 9.26. The molecule has 3 N–H and O–H groups in total. The van der Waals surface area contributed by atoms with E-state index in [2.05, 4.69) is 0 Å². The number of rotatable bonds is 1. The van der Waals surface area contributed by atoms with E-state index >= 15 is 0 Å². The van der Waals surface area contributed by atoms with Crippen LogP contribution in [0.2, 0.25) is 0 Å². The highest BCUT2D eigenvalue weighted by Crippen LogP contribution is 2.19. The van der Waals surface area contributed by atoms with Crippen LogP contribution in [0.25, 0.3) is 0 Å². The fourth-order valence-corrected chi connectivity index (χ4v) is 1.22. The minimum Gasteiger partial charge on any atom is -0.400 e. The number of methoxy groups -OCH3 is 1. The summed E-state index contributed by atoms with van der Waals surface area (Å²) in [6, 6.07) is 0. The van der Waals surface area contributed by atoms with Crippen LogP contribution >= 0.6 is 0 Å². The van der Waals surface area contributed by atoms with Gasteiger partial charge in [-0.15, -0.1) is 0 Å². The van der Waals surface area contributed by atoms with Crippen molar-refractivity contribution in [3.8, 4) is 0 Å². The Morgan fingerprint density at radius 1 is 1.31 bits per heavy atom. The van der Waals surface area contributed by atoms with Crippen LogP contribution in [0.1, 0.15) is 13.3 Å². The average molecular weight is 194 g/mol. The molecule has 13 heavy (non-hydrogen) atoms. The first-order chi connectivity index (χ1) is 6.15. The van der Waals surface area contributed by atoms with Gasteiger partial charge in [-0.3, -0.25) is 0 Å². The van der Waals surface area contributed by atoms with Gasteiger partial charge >= 0.3 is 0 Å². The van der Waals surface area contributed by atoms with Gasteiger partial charge in [-0.2, -0.15) is 0 Å². The zero-order valence-corrected chi connectivity index (χ0v) is 8.17. The fourth-order valence-electron chi connectivity index (χ4n) is 1.22. The molecule has 1 aliphatic rings. The Kier molecular flexibility index (Phi) is 6.19. The van der Waals surface area contributed by atoms with Crippen LogP contribution in [-0.2, 0) is 9.47 Å². The van der Waals surface area contributed by atoms with Crippen molar-refractivity contribution >= 4 is 0 Å². The Labute approximate surface area is 77.9 Å². The number of aliphatic hydroxyl groups is 3. The Balaban J connectivity index is 0.000000671. The van der Waals surface area contributed by atoms with Crippen LogP contribution in [-0.4, -0.2) is 54.1 Å². The van der Waals surface area contributed by atoms with Crippen LogP contribution in [0.15, 0.2) is 0 Å². The molecule has 80 valence electrons. The second-order valence-corrected chi connectivity index (χ2v) is 2.84. The summed E-state index contributed by atoms with van der Waals surface area (Å²) in [6.07, 6.45) is -1.94. The van der Waals surface area contributed by atoms with Gasteiger partial charge in [0.1, 0.15) is 6.10 Å². The summed E-state index contributed by atoms with van der Waals surface area (Å²) in [5, 5.41) is 25.5. The predicted molar refractivity (Wildman–Crippen MR) is 46.1 cm³/mol. The molecule has 0 aromatic rings. The third-order valence-corrected chi connectivity index (χ3v) is 1.85. The van der Waals surface area contributed by atoms with E-state index in [0.717, 1.165) is 7.11 Å². The molecule has 0 aliphatic carbocycles. The highest BCUT2D eigenvalue weighted by Gasteiger charge is 2.34. The van der Waals surface area contributed by atoms with Crippen molar-refractivity contribution in [1.82, 2.24) is 0 Å². The van der Waals surface area contributed by atoms with Gasteiger partial charge < -0.3 is 24.8 Å². The largest absolute Gasteiger partial charge is 0.400 e. The van der Waals surface area contributed by atoms with E-state index in [-0.39, 0.29) is 6.10 Å². The minimum absolute atomic E-state index is 0.0571. The molecular formula is C8H18O5. The molecule has 4 unspecified atom stereocenters. The zero-order chi connectivity index (χ0) is 10.4. The summed E-state index contributed by atoms with van der Waals surface area (Å²) in [4.78, 5) is 0. The van der Waals surface area contributed by atoms with Crippen LogP contribution < -0.4 is 0 Å². The van der Waals surface area contributed by atoms with Crippen molar-refractivity contribution in [2.45, 2.75) is 37.9 Å². The molecule has 0 radical (unpaired) electrons. The Morgan fingerprint density at radius 3 is 2.31 bits per heavy atom. The van der Waals surface area contributed by atoms with Crippen LogP contribution in [0.3, 0.4) is 0 Å². The number of ether oxygens (including phenoxy) is 2. The lowest BCUT2D eigenvalue weighted by Crippen LogP contribution is -2.48. The van der Waals surface area contributed by atoms with E-state index in [1.807, 2.05) is 6.92 Å². The first-order valence-corrected chi connectivity index (χ1v) is 4.14. The van der Waals surface area contributed by atoms with Gasteiger partial charge in [0.2, 0.25) is 0 Å². The quantitative estimate of drug-likeness (QED) is 0.504. The standard InChI is InChI=1S/C7H14O4.CH4O/c1-4-3-5(8)6(9)7(10-2)11-4;1-2/h4-9H,3H2,1-2H3;2H,1H3.